The number of fused-ring (bicyclic) bond motifs is 1. The van der Waals surface area contributed by atoms with Crippen LogP contribution in [0.15, 0.2) is 18.2 Å². The fourth-order valence-corrected chi connectivity index (χ4v) is 2.47. The van der Waals surface area contributed by atoms with Crippen molar-refractivity contribution in [3.63, 3.8) is 0 Å². The third-order valence-electron chi connectivity index (χ3n) is 3.22. The number of esters is 1. The fraction of sp³-hybridized carbons (Fsp3) is 0.467. The van der Waals surface area contributed by atoms with Gasteiger partial charge in [-0.1, -0.05) is 11.6 Å². The highest BCUT2D eigenvalue weighted by atomic mass is 35.5. The van der Waals surface area contributed by atoms with E-state index in [4.69, 9.17) is 16.3 Å². The fourth-order valence-electron chi connectivity index (χ4n) is 2.31. The van der Waals surface area contributed by atoms with Crippen molar-refractivity contribution >= 4 is 28.6 Å². The van der Waals surface area contributed by atoms with Crippen molar-refractivity contribution in [1.82, 2.24) is 9.55 Å². The minimum absolute atomic E-state index is 0.186. The van der Waals surface area contributed by atoms with Gasteiger partial charge in [0.1, 0.15) is 11.7 Å². The average molecular weight is 295 g/mol. The van der Waals surface area contributed by atoms with E-state index in [9.17, 15) is 4.79 Å². The molecule has 2 rings (SSSR count). The molecule has 0 amide bonds. The summed E-state index contributed by atoms with van der Waals surface area (Å²) in [4.78, 5) is 16.5. The molecule has 1 atom stereocenters. The van der Waals surface area contributed by atoms with E-state index in [0.29, 0.717) is 11.6 Å². The normalized spacial score (nSPS) is 12.9. The maximum Gasteiger partial charge on any atom is 0.316 e. The highest BCUT2D eigenvalue weighted by molar-refractivity contribution is 6.31. The summed E-state index contributed by atoms with van der Waals surface area (Å²) >= 11 is 6.06. The smallest absolute Gasteiger partial charge is 0.316 e. The molecule has 0 saturated carbocycles. The van der Waals surface area contributed by atoms with E-state index in [2.05, 4.69) is 18.8 Å². The van der Waals surface area contributed by atoms with Crippen molar-refractivity contribution in [3.05, 3.63) is 29.0 Å². The molecule has 5 heteroatoms. The van der Waals surface area contributed by atoms with Crippen molar-refractivity contribution in [2.75, 3.05) is 6.61 Å². The molecule has 4 nitrogen and oxygen atoms in total. The molecular formula is C15H19ClN2O2. The lowest BCUT2D eigenvalue weighted by Gasteiger charge is -2.16. The highest BCUT2D eigenvalue weighted by Gasteiger charge is 2.24. The van der Waals surface area contributed by atoms with Crippen LogP contribution in [0, 0.1) is 0 Å². The van der Waals surface area contributed by atoms with Gasteiger partial charge in [0.2, 0.25) is 0 Å². The summed E-state index contributed by atoms with van der Waals surface area (Å²) < 4.78 is 7.14. The Balaban J connectivity index is 2.57. The molecule has 1 aromatic carbocycles. The Morgan fingerprint density at radius 2 is 2.10 bits per heavy atom. The van der Waals surface area contributed by atoms with Crippen molar-refractivity contribution in [1.29, 1.82) is 0 Å². The Hall–Kier alpha value is -1.55. The van der Waals surface area contributed by atoms with Gasteiger partial charge in [0.25, 0.3) is 0 Å². The molecule has 0 bridgehead atoms. The molecule has 2 aromatic rings. The predicted octanol–water partition coefficient (Wildman–Crippen LogP) is 3.94. The molecule has 0 radical (unpaired) electrons. The zero-order chi connectivity index (χ0) is 14.9. The van der Waals surface area contributed by atoms with Gasteiger partial charge in [-0.2, -0.15) is 0 Å². The van der Waals surface area contributed by atoms with Crippen molar-refractivity contribution in [2.24, 2.45) is 0 Å². The van der Waals surface area contributed by atoms with Crippen LogP contribution in [0.5, 0.6) is 0 Å². The molecule has 1 heterocycles. The first-order valence-corrected chi connectivity index (χ1v) is 7.17. The van der Waals surface area contributed by atoms with Crippen LogP contribution in [-0.2, 0) is 9.53 Å². The Labute approximate surface area is 123 Å². The Morgan fingerprint density at radius 3 is 2.70 bits per heavy atom. The van der Waals surface area contributed by atoms with Crippen LogP contribution in [0.25, 0.3) is 11.0 Å². The standard InChI is InChI=1S/C15H19ClN2O2/c1-5-20-15(19)10(4)14-17-12-7-6-11(16)8-13(12)18(14)9(2)3/h6-10H,5H2,1-4H3. The zero-order valence-electron chi connectivity index (χ0n) is 12.2. The largest absolute Gasteiger partial charge is 0.465 e. The summed E-state index contributed by atoms with van der Waals surface area (Å²) in [6.07, 6.45) is 0. The molecule has 0 aliphatic carbocycles. The van der Waals surface area contributed by atoms with Gasteiger partial charge in [-0.05, 0) is 45.9 Å². The summed E-state index contributed by atoms with van der Waals surface area (Å²) in [5, 5.41) is 0.662. The van der Waals surface area contributed by atoms with Gasteiger partial charge in [-0.25, -0.2) is 4.98 Å². The van der Waals surface area contributed by atoms with E-state index < -0.39 is 5.92 Å². The van der Waals surface area contributed by atoms with E-state index in [-0.39, 0.29) is 12.0 Å². The van der Waals surface area contributed by atoms with Crippen molar-refractivity contribution in [2.45, 2.75) is 39.7 Å². The van der Waals surface area contributed by atoms with E-state index in [1.807, 2.05) is 23.6 Å². The summed E-state index contributed by atoms with van der Waals surface area (Å²) in [6.45, 7) is 8.11. The number of benzene rings is 1. The maximum atomic E-state index is 12.0. The van der Waals surface area contributed by atoms with E-state index in [1.165, 1.54) is 0 Å². The van der Waals surface area contributed by atoms with Gasteiger partial charge in [-0.3, -0.25) is 4.79 Å². The molecule has 0 aliphatic heterocycles. The lowest BCUT2D eigenvalue weighted by atomic mass is 10.1. The third kappa shape index (κ3) is 2.66. The van der Waals surface area contributed by atoms with Crippen LogP contribution in [0.2, 0.25) is 5.02 Å². The molecule has 0 N–H and O–H groups in total. The quantitative estimate of drug-likeness (QED) is 0.802. The Kier molecular flexibility index (Phi) is 4.33. The van der Waals surface area contributed by atoms with E-state index >= 15 is 0 Å². The minimum Gasteiger partial charge on any atom is -0.465 e. The molecule has 108 valence electrons. The van der Waals surface area contributed by atoms with Crippen molar-refractivity contribution < 1.29 is 9.53 Å². The number of carbonyl (C=O) groups excluding carboxylic acids is 1. The number of imidazole rings is 1. The summed E-state index contributed by atoms with van der Waals surface area (Å²) in [7, 11) is 0. The Bertz CT molecular complexity index is 634. The summed E-state index contributed by atoms with van der Waals surface area (Å²) in [6, 6.07) is 5.74. The molecule has 0 fully saturated rings. The lowest BCUT2D eigenvalue weighted by Crippen LogP contribution is -2.18. The van der Waals surface area contributed by atoms with Crippen LogP contribution in [-0.4, -0.2) is 22.1 Å². The van der Waals surface area contributed by atoms with Crippen LogP contribution in [0.4, 0.5) is 0 Å². The molecule has 1 aromatic heterocycles. The number of carbonyl (C=O) groups is 1. The minimum atomic E-state index is -0.400. The first kappa shape index (κ1) is 14.9. The average Bonchev–Trinajstić information content (AvgIpc) is 2.76. The second-order valence-electron chi connectivity index (χ2n) is 5.04. The van der Waals surface area contributed by atoms with Gasteiger partial charge in [0.15, 0.2) is 0 Å². The second kappa shape index (κ2) is 5.83. The first-order valence-electron chi connectivity index (χ1n) is 6.79. The number of nitrogens with zero attached hydrogens (tertiary/aromatic N) is 2. The molecule has 0 spiro atoms. The molecule has 1 unspecified atom stereocenters. The monoisotopic (exact) mass is 294 g/mol. The summed E-state index contributed by atoms with van der Waals surface area (Å²) in [5.41, 5.74) is 1.79. The highest BCUT2D eigenvalue weighted by Crippen LogP contribution is 2.28. The SMILES string of the molecule is CCOC(=O)C(C)c1nc2ccc(Cl)cc2n1C(C)C. The number of rotatable bonds is 4. The number of hydrogen-bond donors (Lipinski definition) is 0. The van der Waals surface area contributed by atoms with Crippen LogP contribution in [0.3, 0.4) is 0 Å². The number of ether oxygens (including phenoxy) is 1. The molecule has 0 aliphatic rings. The third-order valence-corrected chi connectivity index (χ3v) is 3.46. The Morgan fingerprint density at radius 1 is 1.40 bits per heavy atom. The van der Waals surface area contributed by atoms with Gasteiger partial charge in [0.05, 0.1) is 17.6 Å². The number of aromatic nitrogens is 2. The van der Waals surface area contributed by atoms with E-state index in [0.717, 1.165) is 16.9 Å². The maximum absolute atomic E-state index is 12.0. The van der Waals surface area contributed by atoms with Crippen LogP contribution >= 0.6 is 11.6 Å². The second-order valence-corrected chi connectivity index (χ2v) is 5.48. The summed E-state index contributed by atoms with van der Waals surface area (Å²) in [5.74, 6) is 0.0649. The zero-order valence-corrected chi connectivity index (χ0v) is 12.9. The van der Waals surface area contributed by atoms with E-state index in [1.54, 1.807) is 13.0 Å². The molecule has 0 saturated heterocycles. The van der Waals surface area contributed by atoms with Gasteiger partial charge >= 0.3 is 5.97 Å². The topological polar surface area (TPSA) is 44.1 Å². The lowest BCUT2D eigenvalue weighted by molar-refractivity contribution is -0.144. The van der Waals surface area contributed by atoms with Gasteiger partial charge in [-0.15, -0.1) is 0 Å². The first-order chi connectivity index (χ1) is 9.45. The van der Waals surface area contributed by atoms with Gasteiger partial charge in [0, 0.05) is 11.1 Å². The predicted molar refractivity (Wildman–Crippen MR) is 80.2 cm³/mol. The van der Waals surface area contributed by atoms with Crippen molar-refractivity contribution in [3.8, 4) is 0 Å². The van der Waals surface area contributed by atoms with Gasteiger partial charge < -0.3 is 9.30 Å². The molecule has 20 heavy (non-hydrogen) atoms. The number of halogens is 1. The van der Waals surface area contributed by atoms with Crippen LogP contribution in [0.1, 0.15) is 45.5 Å². The van der Waals surface area contributed by atoms with Crippen LogP contribution < -0.4 is 0 Å². The number of hydrogen-bond acceptors (Lipinski definition) is 3. The molecular weight excluding hydrogens is 276 g/mol.